The smallest absolute Gasteiger partial charge is 0.308 e. The van der Waals surface area contributed by atoms with E-state index >= 15 is 0 Å². The van der Waals surface area contributed by atoms with Crippen molar-refractivity contribution in [1.29, 1.82) is 0 Å². The molecule has 2 atom stereocenters. The van der Waals surface area contributed by atoms with Gasteiger partial charge in [-0.1, -0.05) is 13.3 Å². The average molecular weight is 271 g/mol. The lowest BCUT2D eigenvalue weighted by Gasteiger charge is -2.22. The predicted octanol–water partition coefficient (Wildman–Crippen LogP) is 1.95. The van der Waals surface area contributed by atoms with Crippen LogP contribution in [0.25, 0.3) is 0 Å². The Hall–Kier alpha value is -1.10. The number of ether oxygens (including phenoxy) is 1. The van der Waals surface area contributed by atoms with E-state index < -0.39 is 11.9 Å². The summed E-state index contributed by atoms with van der Waals surface area (Å²) in [7, 11) is 0. The van der Waals surface area contributed by atoms with Crippen molar-refractivity contribution in [1.82, 2.24) is 5.32 Å². The summed E-state index contributed by atoms with van der Waals surface area (Å²) in [5.41, 5.74) is 0. The highest BCUT2D eigenvalue weighted by Crippen LogP contribution is 2.16. The second kappa shape index (κ2) is 8.91. The van der Waals surface area contributed by atoms with Crippen molar-refractivity contribution in [2.75, 3.05) is 13.2 Å². The summed E-state index contributed by atoms with van der Waals surface area (Å²) < 4.78 is 5.56. The third kappa shape index (κ3) is 6.57. The summed E-state index contributed by atoms with van der Waals surface area (Å²) in [6.45, 7) is 2.97. The molecule has 110 valence electrons. The van der Waals surface area contributed by atoms with Crippen LogP contribution in [0.15, 0.2) is 0 Å². The second-order valence-corrected chi connectivity index (χ2v) is 5.16. The lowest BCUT2D eigenvalue weighted by Crippen LogP contribution is -2.33. The highest BCUT2D eigenvalue weighted by atomic mass is 16.5. The van der Waals surface area contributed by atoms with Crippen LogP contribution >= 0.6 is 0 Å². The van der Waals surface area contributed by atoms with Gasteiger partial charge in [0.05, 0.1) is 12.0 Å². The Balaban J connectivity index is 2.17. The van der Waals surface area contributed by atoms with Crippen molar-refractivity contribution in [3.8, 4) is 0 Å². The molecular weight excluding hydrogens is 246 g/mol. The maximum atomic E-state index is 11.7. The van der Waals surface area contributed by atoms with Crippen LogP contribution in [-0.2, 0) is 14.3 Å². The van der Waals surface area contributed by atoms with Crippen molar-refractivity contribution >= 4 is 11.9 Å². The van der Waals surface area contributed by atoms with Crippen molar-refractivity contribution in [2.45, 2.75) is 58.0 Å². The molecule has 0 saturated carbocycles. The minimum Gasteiger partial charge on any atom is -0.481 e. The highest BCUT2D eigenvalue weighted by molar-refractivity contribution is 5.77. The van der Waals surface area contributed by atoms with E-state index in [4.69, 9.17) is 9.84 Å². The third-order valence-corrected chi connectivity index (χ3v) is 3.50. The number of nitrogens with one attached hydrogen (secondary N) is 1. The number of carboxylic acid groups (broad SMARTS) is 1. The molecule has 1 fully saturated rings. The minimum atomic E-state index is -0.835. The van der Waals surface area contributed by atoms with Gasteiger partial charge in [0.15, 0.2) is 0 Å². The van der Waals surface area contributed by atoms with Gasteiger partial charge in [0.25, 0.3) is 0 Å². The summed E-state index contributed by atoms with van der Waals surface area (Å²) >= 11 is 0. The SMILES string of the molecule is CCCC(CNC(=O)CCC1CCCCO1)C(=O)O. The monoisotopic (exact) mass is 271 g/mol. The van der Waals surface area contributed by atoms with Crippen LogP contribution in [0, 0.1) is 5.92 Å². The number of hydrogen-bond acceptors (Lipinski definition) is 3. The largest absolute Gasteiger partial charge is 0.481 e. The first kappa shape index (κ1) is 16.0. The standard InChI is InChI=1S/C14H25NO4/c1-2-5-11(14(17)18)10-15-13(16)8-7-12-6-3-4-9-19-12/h11-12H,2-10H2,1H3,(H,15,16)(H,17,18). The molecule has 0 radical (unpaired) electrons. The van der Waals surface area contributed by atoms with Crippen molar-refractivity contribution in [2.24, 2.45) is 5.92 Å². The van der Waals surface area contributed by atoms with Crippen LogP contribution in [0.5, 0.6) is 0 Å². The van der Waals surface area contributed by atoms with Gasteiger partial charge in [0.1, 0.15) is 0 Å². The number of carboxylic acids is 1. The normalized spacial score (nSPS) is 20.8. The van der Waals surface area contributed by atoms with Gasteiger partial charge in [0.2, 0.25) is 5.91 Å². The Labute approximate surface area is 114 Å². The first-order valence-electron chi connectivity index (χ1n) is 7.24. The van der Waals surface area contributed by atoms with Gasteiger partial charge in [0, 0.05) is 19.6 Å². The minimum absolute atomic E-state index is 0.0727. The Bertz CT molecular complexity index is 287. The van der Waals surface area contributed by atoms with E-state index in [1.165, 1.54) is 6.42 Å². The highest BCUT2D eigenvalue weighted by Gasteiger charge is 2.18. The lowest BCUT2D eigenvalue weighted by atomic mass is 10.0. The summed E-state index contributed by atoms with van der Waals surface area (Å²) in [5, 5.41) is 11.7. The zero-order chi connectivity index (χ0) is 14.1. The van der Waals surface area contributed by atoms with Gasteiger partial charge in [-0.15, -0.1) is 0 Å². The molecule has 0 spiro atoms. The van der Waals surface area contributed by atoms with Crippen LogP contribution < -0.4 is 5.32 Å². The molecule has 19 heavy (non-hydrogen) atoms. The maximum Gasteiger partial charge on any atom is 0.308 e. The first-order valence-corrected chi connectivity index (χ1v) is 7.24. The molecule has 0 bridgehead atoms. The Kier molecular flexibility index (Phi) is 7.48. The van der Waals surface area contributed by atoms with Crippen LogP contribution in [0.4, 0.5) is 0 Å². The summed E-state index contributed by atoms with van der Waals surface area (Å²) in [5.74, 6) is -1.38. The van der Waals surface area contributed by atoms with E-state index in [9.17, 15) is 9.59 Å². The van der Waals surface area contributed by atoms with Crippen molar-refractivity contribution in [3.05, 3.63) is 0 Å². The molecule has 1 aliphatic heterocycles. The molecule has 2 N–H and O–H groups in total. The number of aliphatic carboxylic acids is 1. The molecule has 0 aromatic heterocycles. The number of rotatable bonds is 8. The molecule has 5 nitrogen and oxygen atoms in total. The van der Waals surface area contributed by atoms with Crippen LogP contribution in [-0.4, -0.2) is 36.2 Å². The predicted molar refractivity (Wildman–Crippen MR) is 71.9 cm³/mol. The number of amides is 1. The maximum absolute atomic E-state index is 11.7. The zero-order valence-corrected chi connectivity index (χ0v) is 11.7. The van der Waals surface area contributed by atoms with Crippen LogP contribution in [0.1, 0.15) is 51.9 Å². The van der Waals surface area contributed by atoms with Crippen molar-refractivity contribution in [3.63, 3.8) is 0 Å². The number of carbonyl (C=O) groups excluding carboxylic acids is 1. The zero-order valence-electron chi connectivity index (χ0n) is 11.7. The Morgan fingerprint density at radius 3 is 2.79 bits per heavy atom. The molecule has 1 rings (SSSR count). The Morgan fingerprint density at radius 1 is 1.42 bits per heavy atom. The molecule has 2 unspecified atom stereocenters. The van der Waals surface area contributed by atoms with Gasteiger partial charge >= 0.3 is 5.97 Å². The molecule has 0 aromatic rings. The Morgan fingerprint density at radius 2 is 2.21 bits per heavy atom. The lowest BCUT2D eigenvalue weighted by molar-refractivity contribution is -0.142. The summed E-state index contributed by atoms with van der Waals surface area (Å²) in [4.78, 5) is 22.6. The van der Waals surface area contributed by atoms with Crippen LogP contribution in [0.3, 0.4) is 0 Å². The number of hydrogen-bond donors (Lipinski definition) is 2. The third-order valence-electron chi connectivity index (χ3n) is 3.50. The number of carbonyl (C=O) groups is 2. The molecule has 0 aliphatic carbocycles. The summed E-state index contributed by atoms with van der Waals surface area (Å²) in [6, 6.07) is 0. The van der Waals surface area contributed by atoms with Gasteiger partial charge in [-0.25, -0.2) is 0 Å². The van der Waals surface area contributed by atoms with E-state index in [2.05, 4.69) is 5.32 Å². The fraction of sp³-hybridized carbons (Fsp3) is 0.857. The van der Waals surface area contributed by atoms with Gasteiger partial charge < -0.3 is 15.2 Å². The van der Waals surface area contributed by atoms with E-state index in [0.717, 1.165) is 32.3 Å². The molecule has 1 amide bonds. The first-order chi connectivity index (χ1) is 9.13. The second-order valence-electron chi connectivity index (χ2n) is 5.16. The molecular formula is C14H25NO4. The van der Waals surface area contributed by atoms with E-state index in [1.807, 2.05) is 6.92 Å². The van der Waals surface area contributed by atoms with Crippen LogP contribution in [0.2, 0.25) is 0 Å². The molecule has 1 heterocycles. The van der Waals surface area contributed by atoms with E-state index in [-0.39, 0.29) is 18.6 Å². The molecule has 1 aliphatic rings. The van der Waals surface area contributed by atoms with Crippen molar-refractivity contribution < 1.29 is 19.4 Å². The molecule has 0 aromatic carbocycles. The van der Waals surface area contributed by atoms with E-state index in [1.54, 1.807) is 0 Å². The fourth-order valence-electron chi connectivity index (χ4n) is 2.31. The van der Waals surface area contributed by atoms with Gasteiger partial charge in [-0.05, 0) is 32.1 Å². The molecule has 1 saturated heterocycles. The quantitative estimate of drug-likeness (QED) is 0.707. The fourth-order valence-corrected chi connectivity index (χ4v) is 2.31. The van der Waals surface area contributed by atoms with E-state index in [0.29, 0.717) is 12.8 Å². The average Bonchev–Trinajstić information content (AvgIpc) is 2.42. The molecule has 5 heteroatoms. The summed E-state index contributed by atoms with van der Waals surface area (Å²) in [6.07, 6.45) is 6.07. The topological polar surface area (TPSA) is 75.6 Å². The van der Waals surface area contributed by atoms with Gasteiger partial charge in [-0.2, -0.15) is 0 Å². The van der Waals surface area contributed by atoms with Gasteiger partial charge in [-0.3, -0.25) is 9.59 Å².